The van der Waals surface area contributed by atoms with Crippen molar-refractivity contribution in [1.29, 1.82) is 0 Å². The fourth-order valence-corrected chi connectivity index (χ4v) is 0.668. The maximum atomic E-state index is 5.13. The fraction of sp³-hybridized carbons (Fsp3) is 0.600. The average molecular weight is 182 g/mol. The van der Waals surface area contributed by atoms with Crippen molar-refractivity contribution < 1.29 is 14.2 Å². The molecule has 0 aliphatic carbocycles. The Labute approximate surface area is 79.4 Å². The van der Waals surface area contributed by atoms with Crippen LogP contribution in [0.5, 0.6) is 0 Å². The van der Waals surface area contributed by atoms with E-state index in [1.165, 1.54) is 0 Å². The van der Waals surface area contributed by atoms with Crippen LogP contribution in [0.4, 0.5) is 0 Å². The summed E-state index contributed by atoms with van der Waals surface area (Å²) in [6.45, 7) is 4.58. The second-order valence-corrected chi connectivity index (χ2v) is 2.04. The van der Waals surface area contributed by atoms with Crippen molar-refractivity contribution in [2.45, 2.75) is 26.4 Å². The molecule has 0 aromatic rings. The van der Waals surface area contributed by atoms with Crippen LogP contribution in [0.1, 0.15) is 13.8 Å². The maximum Gasteiger partial charge on any atom is 0.225 e. The quantitative estimate of drug-likeness (QED) is 0.453. The molecule has 0 aliphatic heterocycles. The zero-order chi connectivity index (χ0) is 10.1. The first-order valence-corrected chi connectivity index (χ1v) is 4.09. The molecule has 2 atom stereocenters. The summed E-state index contributed by atoms with van der Waals surface area (Å²) in [5, 5.41) is 0. The lowest BCUT2D eigenvalue weighted by Gasteiger charge is -2.16. The zero-order valence-electron chi connectivity index (χ0n) is 7.95. The molecule has 72 valence electrons. The number of terminal acetylenes is 2. The lowest BCUT2D eigenvalue weighted by Crippen LogP contribution is -2.24. The smallest absolute Gasteiger partial charge is 0.225 e. The molecule has 0 saturated heterocycles. The normalized spacial score (nSPS) is 14.2. The highest BCUT2D eigenvalue weighted by Gasteiger charge is 2.11. The van der Waals surface area contributed by atoms with Crippen molar-refractivity contribution in [3.05, 3.63) is 0 Å². The largest absolute Gasteiger partial charge is 0.342 e. The van der Waals surface area contributed by atoms with Gasteiger partial charge in [-0.05, 0) is 25.7 Å². The van der Waals surface area contributed by atoms with Gasteiger partial charge in [0.1, 0.15) is 0 Å². The van der Waals surface area contributed by atoms with E-state index in [0.717, 1.165) is 0 Å². The summed E-state index contributed by atoms with van der Waals surface area (Å²) in [5.41, 5.74) is 0. The minimum Gasteiger partial charge on any atom is -0.342 e. The third-order valence-corrected chi connectivity index (χ3v) is 1.16. The zero-order valence-corrected chi connectivity index (χ0v) is 7.95. The first kappa shape index (κ1) is 12.0. The van der Waals surface area contributed by atoms with Gasteiger partial charge < -0.3 is 14.2 Å². The Bertz CT molecular complexity index is 177. The van der Waals surface area contributed by atoms with Gasteiger partial charge in [-0.1, -0.05) is 0 Å². The molecule has 0 aromatic heterocycles. The molecular weight excluding hydrogens is 168 g/mol. The van der Waals surface area contributed by atoms with E-state index in [1.54, 1.807) is 0 Å². The van der Waals surface area contributed by atoms with Crippen LogP contribution in [0.2, 0.25) is 0 Å². The van der Waals surface area contributed by atoms with Crippen molar-refractivity contribution in [1.82, 2.24) is 0 Å². The fourth-order valence-electron chi connectivity index (χ4n) is 0.668. The van der Waals surface area contributed by atoms with E-state index in [1.807, 2.05) is 13.8 Å². The Morgan fingerprint density at radius 3 is 1.62 bits per heavy atom. The third-order valence-electron chi connectivity index (χ3n) is 1.16. The number of rotatable bonds is 6. The van der Waals surface area contributed by atoms with Crippen molar-refractivity contribution in [3.63, 3.8) is 0 Å². The first-order valence-electron chi connectivity index (χ1n) is 4.09. The van der Waals surface area contributed by atoms with E-state index in [-0.39, 0.29) is 0 Å². The second kappa shape index (κ2) is 7.64. The molecule has 2 unspecified atom stereocenters. The highest BCUT2D eigenvalue weighted by molar-refractivity contribution is 4.94. The van der Waals surface area contributed by atoms with Crippen LogP contribution in [0.3, 0.4) is 0 Å². The SMILES string of the molecule is C#CC(OCC)OC(C#C)OCC. The van der Waals surface area contributed by atoms with Crippen LogP contribution < -0.4 is 0 Å². The first-order chi connectivity index (χ1) is 6.28. The van der Waals surface area contributed by atoms with E-state index < -0.39 is 12.6 Å². The standard InChI is InChI=1S/C10H14O3/c1-5-9(11-7-3)13-10(6-2)12-8-4/h1-2,9-10H,7-8H2,3-4H3. The van der Waals surface area contributed by atoms with Crippen LogP contribution >= 0.6 is 0 Å². The Hall–Kier alpha value is -1.00. The van der Waals surface area contributed by atoms with E-state index in [9.17, 15) is 0 Å². The van der Waals surface area contributed by atoms with Gasteiger partial charge in [-0.3, -0.25) is 0 Å². The minimum atomic E-state index is -0.738. The Morgan fingerprint density at radius 2 is 1.38 bits per heavy atom. The summed E-state index contributed by atoms with van der Waals surface area (Å²) in [5.74, 6) is 4.61. The highest BCUT2D eigenvalue weighted by Crippen LogP contribution is 2.00. The van der Waals surface area contributed by atoms with Crippen LogP contribution in [0.15, 0.2) is 0 Å². The number of hydrogen-bond acceptors (Lipinski definition) is 3. The Morgan fingerprint density at radius 1 is 1.00 bits per heavy atom. The molecule has 0 saturated carbocycles. The van der Waals surface area contributed by atoms with Crippen LogP contribution in [-0.2, 0) is 14.2 Å². The molecule has 13 heavy (non-hydrogen) atoms. The molecule has 0 amide bonds. The molecule has 0 fully saturated rings. The summed E-state index contributed by atoms with van der Waals surface area (Å²) in [7, 11) is 0. The van der Waals surface area contributed by atoms with Gasteiger partial charge in [0, 0.05) is 13.2 Å². The molecule has 0 aliphatic rings. The second-order valence-electron chi connectivity index (χ2n) is 2.04. The molecule has 0 bridgehead atoms. The van der Waals surface area contributed by atoms with Gasteiger partial charge in [-0.2, -0.15) is 0 Å². The molecule has 3 heteroatoms. The van der Waals surface area contributed by atoms with Gasteiger partial charge in [0.15, 0.2) is 0 Å². The number of ether oxygens (including phenoxy) is 3. The Balaban J connectivity index is 3.91. The van der Waals surface area contributed by atoms with Gasteiger partial charge in [0.2, 0.25) is 12.6 Å². The van der Waals surface area contributed by atoms with Crippen LogP contribution in [-0.4, -0.2) is 25.8 Å². The van der Waals surface area contributed by atoms with Crippen molar-refractivity contribution >= 4 is 0 Å². The van der Waals surface area contributed by atoms with Gasteiger partial charge in [0.05, 0.1) is 0 Å². The van der Waals surface area contributed by atoms with Crippen molar-refractivity contribution in [3.8, 4) is 24.7 Å². The summed E-state index contributed by atoms with van der Waals surface area (Å²) in [4.78, 5) is 0. The molecule has 0 rings (SSSR count). The summed E-state index contributed by atoms with van der Waals surface area (Å²) >= 11 is 0. The van der Waals surface area contributed by atoms with E-state index >= 15 is 0 Å². The van der Waals surface area contributed by atoms with Crippen molar-refractivity contribution in [2.75, 3.05) is 13.2 Å². The average Bonchev–Trinajstić information content (AvgIpc) is 2.16. The topological polar surface area (TPSA) is 27.7 Å². The molecule has 0 heterocycles. The monoisotopic (exact) mass is 182 g/mol. The van der Waals surface area contributed by atoms with Gasteiger partial charge >= 0.3 is 0 Å². The van der Waals surface area contributed by atoms with Gasteiger partial charge in [-0.25, -0.2) is 0 Å². The van der Waals surface area contributed by atoms with Crippen LogP contribution in [0, 0.1) is 24.7 Å². The maximum absolute atomic E-state index is 5.13. The molecule has 3 nitrogen and oxygen atoms in total. The minimum absolute atomic E-state index is 0.471. The molecule has 0 spiro atoms. The van der Waals surface area contributed by atoms with Crippen molar-refractivity contribution in [2.24, 2.45) is 0 Å². The van der Waals surface area contributed by atoms with E-state index in [2.05, 4.69) is 11.8 Å². The van der Waals surface area contributed by atoms with E-state index in [0.29, 0.717) is 13.2 Å². The summed E-state index contributed by atoms with van der Waals surface area (Å²) in [6, 6.07) is 0. The Kier molecular flexibility index (Phi) is 7.05. The molecular formula is C10H14O3. The molecule has 0 radical (unpaired) electrons. The number of hydrogen-bond donors (Lipinski definition) is 0. The highest BCUT2D eigenvalue weighted by atomic mass is 16.8. The summed E-state index contributed by atoms with van der Waals surface area (Å²) < 4.78 is 15.2. The third kappa shape index (κ3) is 5.27. The molecule has 0 N–H and O–H groups in total. The predicted octanol–water partition coefficient (Wildman–Crippen LogP) is 0.995. The van der Waals surface area contributed by atoms with E-state index in [4.69, 9.17) is 27.1 Å². The molecule has 0 aromatic carbocycles. The lowest BCUT2D eigenvalue weighted by atomic mass is 10.6. The summed E-state index contributed by atoms with van der Waals surface area (Å²) in [6.07, 6.45) is 8.79. The lowest BCUT2D eigenvalue weighted by molar-refractivity contribution is -0.196. The predicted molar refractivity (Wildman–Crippen MR) is 49.6 cm³/mol. The van der Waals surface area contributed by atoms with Gasteiger partial charge in [0.25, 0.3) is 0 Å². The van der Waals surface area contributed by atoms with Crippen LogP contribution in [0.25, 0.3) is 0 Å². The van der Waals surface area contributed by atoms with Gasteiger partial charge in [-0.15, -0.1) is 12.8 Å².